The average molecular weight is 265 g/mol. The number of carbonyl (C=O) groups excluding carboxylic acids is 1. The predicted octanol–water partition coefficient (Wildman–Crippen LogP) is 0.122. The van der Waals surface area contributed by atoms with Crippen molar-refractivity contribution in [1.82, 2.24) is 5.32 Å². The van der Waals surface area contributed by atoms with Crippen LogP contribution in [0.25, 0.3) is 0 Å². The third-order valence-corrected chi connectivity index (χ3v) is 3.37. The Balaban J connectivity index is 2.15. The number of hydrogen-bond acceptors (Lipinski definition) is 5. The number of nitrogen functional groups attached to an aromatic ring is 2. The first-order chi connectivity index (χ1) is 9.04. The van der Waals surface area contributed by atoms with Crippen molar-refractivity contribution in [1.29, 1.82) is 0 Å². The molecule has 1 aromatic rings. The van der Waals surface area contributed by atoms with Gasteiger partial charge in [0.25, 0.3) is 5.91 Å². The Morgan fingerprint density at radius 2 is 1.84 bits per heavy atom. The van der Waals surface area contributed by atoms with Gasteiger partial charge in [-0.1, -0.05) is 0 Å². The molecule has 104 valence electrons. The molecule has 1 fully saturated rings. The van der Waals surface area contributed by atoms with Gasteiger partial charge in [-0.15, -0.1) is 0 Å². The van der Waals surface area contributed by atoms with Crippen molar-refractivity contribution in [2.75, 3.05) is 31.3 Å². The minimum Gasteiger partial charge on any atom is -0.399 e. The van der Waals surface area contributed by atoms with Crippen molar-refractivity contribution < 1.29 is 14.6 Å². The number of ether oxygens (including phenoxy) is 1. The highest BCUT2D eigenvalue weighted by Gasteiger charge is 2.33. The molecule has 0 bridgehead atoms. The van der Waals surface area contributed by atoms with Crippen LogP contribution in [0, 0.1) is 0 Å². The van der Waals surface area contributed by atoms with Gasteiger partial charge in [-0.05, 0) is 31.0 Å². The van der Waals surface area contributed by atoms with Crippen LogP contribution >= 0.6 is 0 Å². The summed E-state index contributed by atoms with van der Waals surface area (Å²) in [5.74, 6) is -0.282. The molecular weight excluding hydrogens is 246 g/mol. The molecule has 1 aliphatic heterocycles. The van der Waals surface area contributed by atoms with Gasteiger partial charge in [-0.25, -0.2) is 0 Å². The Morgan fingerprint density at radius 1 is 1.26 bits per heavy atom. The third-order valence-electron chi connectivity index (χ3n) is 3.37. The molecule has 1 saturated heterocycles. The average Bonchev–Trinajstić information content (AvgIpc) is 2.38. The number of nitrogens with two attached hydrogens (primary N) is 2. The third kappa shape index (κ3) is 3.15. The van der Waals surface area contributed by atoms with E-state index < -0.39 is 5.54 Å². The smallest absolute Gasteiger partial charge is 0.251 e. The molecule has 0 radical (unpaired) electrons. The van der Waals surface area contributed by atoms with Crippen LogP contribution in [0.5, 0.6) is 0 Å². The maximum Gasteiger partial charge on any atom is 0.251 e. The normalized spacial score (nSPS) is 17.9. The summed E-state index contributed by atoms with van der Waals surface area (Å²) in [6, 6.07) is 4.72. The first-order valence-corrected chi connectivity index (χ1v) is 6.22. The molecule has 0 atom stereocenters. The minimum absolute atomic E-state index is 0.111. The van der Waals surface area contributed by atoms with Crippen molar-refractivity contribution in [3.63, 3.8) is 0 Å². The molecule has 6 nitrogen and oxygen atoms in total. The lowest BCUT2D eigenvalue weighted by Crippen LogP contribution is -2.54. The first kappa shape index (κ1) is 13.6. The fourth-order valence-corrected chi connectivity index (χ4v) is 2.21. The number of carbonyl (C=O) groups is 1. The second-order valence-electron chi connectivity index (χ2n) is 4.89. The largest absolute Gasteiger partial charge is 0.399 e. The van der Waals surface area contributed by atoms with Crippen molar-refractivity contribution in [2.45, 2.75) is 18.4 Å². The Bertz CT molecular complexity index is 450. The summed E-state index contributed by atoms with van der Waals surface area (Å²) < 4.78 is 5.25. The Kier molecular flexibility index (Phi) is 3.92. The zero-order chi connectivity index (χ0) is 13.9. The van der Waals surface area contributed by atoms with Crippen LogP contribution in [0.3, 0.4) is 0 Å². The molecule has 1 amide bonds. The molecule has 0 unspecified atom stereocenters. The van der Waals surface area contributed by atoms with Gasteiger partial charge in [0.05, 0.1) is 12.1 Å². The lowest BCUT2D eigenvalue weighted by Gasteiger charge is -2.36. The van der Waals surface area contributed by atoms with E-state index >= 15 is 0 Å². The van der Waals surface area contributed by atoms with Gasteiger partial charge < -0.3 is 26.6 Å². The van der Waals surface area contributed by atoms with Gasteiger partial charge in [0.1, 0.15) is 0 Å². The van der Waals surface area contributed by atoms with E-state index in [0.717, 1.165) is 0 Å². The molecule has 1 heterocycles. The van der Waals surface area contributed by atoms with Crippen LogP contribution in [0.2, 0.25) is 0 Å². The molecule has 19 heavy (non-hydrogen) atoms. The lowest BCUT2D eigenvalue weighted by molar-refractivity contribution is 0.0125. The number of nitrogens with one attached hydrogen (secondary N) is 1. The lowest BCUT2D eigenvalue weighted by atomic mass is 9.90. The van der Waals surface area contributed by atoms with Crippen molar-refractivity contribution >= 4 is 17.3 Å². The molecule has 0 aromatic heterocycles. The molecular formula is C13H19N3O3. The zero-order valence-corrected chi connectivity index (χ0v) is 10.7. The van der Waals surface area contributed by atoms with Gasteiger partial charge in [0.2, 0.25) is 0 Å². The highest BCUT2D eigenvalue weighted by Crippen LogP contribution is 2.21. The number of amides is 1. The Labute approximate surface area is 111 Å². The molecule has 0 saturated carbocycles. The molecule has 0 aliphatic carbocycles. The highest BCUT2D eigenvalue weighted by molar-refractivity contribution is 5.96. The molecule has 1 aromatic carbocycles. The monoisotopic (exact) mass is 265 g/mol. The SMILES string of the molecule is Nc1cc(N)cc(C(=O)NC2(CO)CCOCC2)c1. The number of rotatable bonds is 3. The van der Waals surface area contributed by atoms with E-state index in [1.165, 1.54) is 0 Å². The molecule has 2 rings (SSSR count). The molecule has 6 heteroatoms. The maximum atomic E-state index is 12.2. The summed E-state index contributed by atoms with van der Waals surface area (Å²) in [4.78, 5) is 12.2. The second kappa shape index (κ2) is 5.46. The summed E-state index contributed by atoms with van der Waals surface area (Å²) in [6.45, 7) is 0.944. The van der Waals surface area contributed by atoms with E-state index in [-0.39, 0.29) is 12.5 Å². The Morgan fingerprint density at radius 3 is 2.37 bits per heavy atom. The number of aliphatic hydroxyl groups is 1. The van der Waals surface area contributed by atoms with Crippen molar-refractivity contribution in [2.24, 2.45) is 0 Å². The minimum atomic E-state index is -0.616. The summed E-state index contributed by atoms with van der Waals surface area (Å²) in [7, 11) is 0. The van der Waals surface area contributed by atoms with Crippen LogP contribution in [-0.2, 0) is 4.74 Å². The van der Waals surface area contributed by atoms with Crippen LogP contribution in [0.1, 0.15) is 23.2 Å². The van der Waals surface area contributed by atoms with Crippen LogP contribution in [0.15, 0.2) is 18.2 Å². The molecule has 6 N–H and O–H groups in total. The number of benzene rings is 1. The fraction of sp³-hybridized carbons (Fsp3) is 0.462. The van der Waals surface area contributed by atoms with E-state index in [0.29, 0.717) is 43.0 Å². The van der Waals surface area contributed by atoms with Gasteiger partial charge >= 0.3 is 0 Å². The predicted molar refractivity (Wildman–Crippen MR) is 72.6 cm³/mol. The first-order valence-electron chi connectivity index (χ1n) is 6.22. The van der Waals surface area contributed by atoms with E-state index in [4.69, 9.17) is 16.2 Å². The maximum absolute atomic E-state index is 12.2. The summed E-state index contributed by atoms with van der Waals surface area (Å²) >= 11 is 0. The standard InChI is InChI=1S/C13H19N3O3/c14-10-5-9(6-11(15)7-10)12(18)16-13(8-17)1-3-19-4-2-13/h5-7,17H,1-4,8,14-15H2,(H,16,18). The number of aliphatic hydroxyl groups excluding tert-OH is 1. The van der Waals surface area contributed by atoms with Crippen LogP contribution in [-0.4, -0.2) is 36.4 Å². The van der Waals surface area contributed by atoms with E-state index in [9.17, 15) is 9.90 Å². The zero-order valence-electron chi connectivity index (χ0n) is 10.7. The Hall–Kier alpha value is -1.79. The number of hydrogen-bond donors (Lipinski definition) is 4. The van der Waals surface area contributed by atoms with Crippen LogP contribution < -0.4 is 16.8 Å². The van der Waals surface area contributed by atoms with Gasteiger partial charge in [0.15, 0.2) is 0 Å². The summed E-state index contributed by atoms with van der Waals surface area (Å²) in [5.41, 5.74) is 12.0. The van der Waals surface area contributed by atoms with Gasteiger partial charge in [0, 0.05) is 30.2 Å². The highest BCUT2D eigenvalue weighted by atomic mass is 16.5. The molecule has 1 aliphatic rings. The van der Waals surface area contributed by atoms with Crippen LogP contribution in [0.4, 0.5) is 11.4 Å². The van der Waals surface area contributed by atoms with E-state index in [1.807, 2.05) is 0 Å². The van der Waals surface area contributed by atoms with E-state index in [2.05, 4.69) is 5.32 Å². The summed E-state index contributed by atoms with van der Waals surface area (Å²) in [6.07, 6.45) is 1.18. The van der Waals surface area contributed by atoms with Gasteiger partial charge in [-0.3, -0.25) is 4.79 Å². The number of anilines is 2. The van der Waals surface area contributed by atoms with E-state index in [1.54, 1.807) is 18.2 Å². The fourth-order valence-electron chi connectivity index (χ4n) is 2.21. The molecule has 0 spiro atoms. The summed E-state index contributed by atoms with van der Waals surface area (Å²) in [5, 5.41) is 12.4. The van der Waals surface area contributed by atoms with Gasteiger partial charge in [-0.2, -0.15) is 0 Å². The topological polar surface area (TPSA) is 111 Å². The van der Waals surface area contributed by atoms with Crippen molar-refractivity contribution in [3.8, 4) is 0 Å². The second-order valence-corrected chi connectivity index (χ2v) is 4.89. The van der Waals surface area contributed by atoms with Crippen molar-refractivity contribution in [3.05, 3.63) is 23.8 Å². The quantitative estimate of drug-likeness (QED) is 0.580.